The molecule has 88 valence electrons. The van der Waals surface area contributed by atoms with Gasteiger partial charge < -0.3 is 4.74 Å². The lowest BCUT2D eigenvalue weighted by molar-refractivity contribution is -0.137. The molecule has 1 aromatic carbocycles. The standard InChI is InChI=1S/C13H12O2S2/c1-3-15-13(14)9(2)17-11-6-4-5-10-7-8-16-12(10)11/h4-8H,2-3H2,1H3. The van der Waals surface area contributed by atoms with E-state index < -0.39 is 0 Å². The molecule has 0 amide bonds. The Morgan fingerprint density at radius 1 is 1.47 bits per heavy atom. The molecule has 2 nitrogen and oxygen atoms in total. The Hall–Kier alpha value is -1.26. The van der Waals surface area contributed by atoms with E-state index in [0.29, 0.717) is 11.5 Å². The van der Waals surface area contributed by atoms with Gasteiger partial charge in [0.15, 0.2) is 0 Å². The monoisotopic (exact) mass is 264 g/mol. The van der Waals surface area contributed by atoms with Gasteiger partial charge in [-0.15, -0.1) is 11.3 Å². The van der Waals surface area contributed by atoms with Crippen molar-refractivity contribution in [2.24, 2.45) is 0 Å². The average molecular weight is 264 g/mol. The Morgan fingerprint density at radius 3 is 3.06 bits per heavy atom. The van der Waals surface area contributed by atoms with Gasteiger partial charge in [0.1, 0.15) is 0 Å². The molecular weight excluding hydrogens is 252 g/mol. The van der Waals surface area contributed by atoms with Crippen molar-refractivity contribution < 1.29 is 9.53 Å². The van der Waals surface area contributed by atoms with Crippen molar-refractivity contribution in [2.75, 3.05) is 6.61 Å². The average Bonchev–Trinajstić information content (AvgIpc) is 2.78. The first-order chi connectivity index (χ1) is 8.22. The molecule has 17 heavy (non-hydrogen) atoms. The number of thioether (sulfide) groups is 1. The van der Waals surface area contributed by atoms with E-state index in [4.69, 9.17) is 4.74 Å². The van der Waals surface area contributed by atoms with Crippen molar-refractivity contribution in [3.8, 4) is 0 Å². The third-order valence-corrected chi connectivity index (χ3v) is 4.24. The van der Waals surface area contributed by atoms with E-state index in [1.165, 1.54) is 21.8 Å². The number of thiophene rings is 1. The summed E-state index contributed by atoms with van der Waals surface area (Å²) in [7, 11) is 0. The smallest absolute Gasteiger partial charge is 0.344 e. The number of hydrogen-bond acceptors (Lipinski definition) is 4. The summed E-state index contributed by atoms with van der Waals surface area (Å²) in [5.41, 5.74) is 0. The molecule has 2 rings (SSSR count). The fourth-order valence-electron chi connectivity index (χ4n) is 1.43. The van der Waals surface area contributed by atoms with Crippen molar-refractivity contribution in [2.45, 2.75) is 11.8 Å². The summed E-state index contributed by atoms with van der Waals surface area (Å²) in [5, 5.41) is 3.23. The van der Waals surface area contributed by atoms with Crippen LogP contribution in [0.2, 0.25) is 0 Å². The summed E-state index contributed by atoms with van der Waals surface area (Å²) in [6, 6.07) is 8.10. The quantitative estimate of drug-likeness (QED) is 0.473. The number of esters is 1. The zero-order valence-electron chi connectivity index (χ0n) is 9.43. The lowest BCUT2D eigenvalue weighted by atomic mass is 10.3. The maximum atomic E-state index is 11.5. The number of carbonyl (C=O) groups excluding carboxylic acids is 1. The molecule has 0 N–H and O–H groups in total. The van der Waals surface area contributed by atoms with Crippen LogP contribution in [-0.2, 0) is 9.53 Å². The molecule has 0 aliphatic heterocycles. The molecule has 0 aliphatic rings. The zero-order chi connectivity index (χ0) is 12.3. The van der Waals surface area contributed by atoms with Crippen molar-refractivity contribution in [1.82, 2.24) is 0 Å². The zero-order valence-corrected chi connectivity index (χ0v) is 11.1. The van der Waals surface area contributed by atoms with E-state index in [2.05, 4.69) is 18.7 Å². The Morgan fingerprint density at radius 2 is 2.29 bits per heavy atom. The molecule has 0 saturated carbocycles. The van der Waals surface area contributed by atoms with Gasteiger partial charge in [-0.1, -0.05) is 30.5 Å². The van der Waals surface area contributed by atoms with E-state index in [0.717, 1.165) is 4.90 Å². The maximum absolute atomic E-state index is 11.5. The summed E-state index contributed by atoms with van der Waals surface area (Å²) >= 11 is 3.03. The van der Waals surface area contributed by atoms with Crippen LogP contribution in [0.4, 0.5) is 0 Å². The number of fused-ring (bicyclic) bond motifs is 1. The normalized spacial score (nSPS) is 10.4. The second-order valence-electron chi connectivity index (χ2n) is 3.34. The van der Waals surface area contributed by atoms with Crippen molar-refractivity contribution in [3.63, 3.8) is 0 Å². The van der Waals surface area contributed by atoms with Crippen LogP contribution in [0.25, 0.3) is 10.1 Å². The molecule has 0 spiro atoms. The van der Waals surface area contributed by atoms with Crippen LogP contribution >= 0.6 is 23.1 Å². The number of ether oxygens (including phenoxy) is 1. The lowest BCUT2D eigenvalue weighted by Gasteiger charge is -2.05. The molecule has 0 bridgehead atoms. The predicted octanol–water partition coefficient (Wildman–Crippen LogP) is 4.07. The van der Waals surface area contributed by atoms with Gasteiger partial charge in [-0.2, -0.15) is 0 Å². The summed E-state index contributed by atoms with van der Waals surface area (Å²) < 4.78 is 6.10. The van der Waals surface area contributed by atoms with E-state index in [-0.39, 0.29) is 5.97 Å². The van der Waals surface area contributed by atoms with Gasteiger partial charge in [0.2, 0.25) is 0 Å². The minimum atomic E-state index is -0.342. The molecule has 0 fully saturated rings. The minimum Gasteiger partial charge on any atom is -0.462 e. The van der Waals surface area contributed by atoms with Gasteiger partial charge >= 0.3 is 5.97 Å². The van der Waals surface area contributed by atoms with Crippen LogP contribution < -0.4 is 0 Å². The van der Waals surface area contributed by atoms with Crippen LogP contribution in [0.5, 0.6) is 0 Å². The highest BCUT2D eigenvalue weighted by Gasteiger charge is 2.11. The van der Waals surface area contributed by atoms with Crippen LogP contribution in [0, 0.1) is 0 Å². The topological polar surface area (TPSA) is 26.3 Å². The molecule has 1 heterocycles. The fraction of sp³-hybridized carbons (Fsp3) is 0.154. The van der Waals surface area contributed by atoms with E-state index in [9.17, 15) is 4.79 Å². The number of rotatable bonds is 4. The largest absolute Gasteiger partial charge is 0.462 e. The first-order valence-electron chi connectivity index (χ1n) is 5.22. The Balaban J connectivity index is 2.21. The van der Waals surface area contributed by atoms with Gasteiger partial charge in [-0.05, 0) is 29.8 Å². The van der Waals surface area contributed by atoms with Gasteiger partial charge in [0, 0.05) is 9.60 Å². The fourth-order valence-corrected chi connectivity index (χ4v) is 3.27. The van der Waals surface area contributed by atoms with Crippen molar-refractivity contribution in [3.05, 3.63) is 41.1 Å². The summed E-state index contributed by atoms with van der Waals surface area (Å²) in [6.45, 7) is 5.92. The third-order valence-electron chi connectivity index (χ3n) is 2.18. The highest BCUT2D eigenvalue weighted by molar-refractivity contribution is 8.04. The molecule has 4 heteroatoms. The Bertz CT molecular complexity index is 557. The molecule has 0 atom stereocenters. The van der Waals surface area contributed by atoms with Crippen LogP contribution in [-0.4, -0.2) is 12.6 Å². The summed E-state index contributed by atoms with van der Waals surface area (Å²) in [5.74, 6) is -0.342. The highest BCUT2D eigenvalue weighted by Crippen LogP contribution is 2.35. The highest BCUT2D eigenvalue weighted by atomic mass is 32.2. The molecule has 0 saturated heterocycles. The van der Waals surface area contributed by atoms with Crippen LogP contribution in [0.3, 0.4) is 0 Å². The van der Waals surface area contributed by atoms with Gasteiger partial charge in [0.25, 0.3) is 0 Å². The molecule has 0 unspecified atom stereocenters. The van der Waals surface area contributed by atoms with Crippen molar-refractivity contribution >= 4 is 39.2 Å². The number of benzene rings is 1. The van der Waals surface area contributed by atoms with Gasteiger partial charge in [-0.3, -0.25) is 0 Å². The molecule has 2 aromatic rings. The summed E-state index contributed by atoms with van der Waals surface area (Å²) in [6.07, 6.45) is 0. The lowest BCUT2D eigenvalue weighted by Crippen LogP contribution is -2.03. The Kier molecular flexibility index (Phi) is 3.86. The van der Waals surface area contributed by atoms with E-state index in [1.54, 1.807) is 18.3 Å². The van der Waals surface area contributed by atoms with Crippen LogP contribution in [0.15, 0.2) is 46.0 Å². The molecule has 0 radical (unpaired) electrons. The minimum absolute atomic E-state index is 0.342. The summed E-state index contributed by atoms with van der Waals surface area (Å²) in [4.78, 5) is 13.0. The number of carbonyl (C=O) groups is 1. The molecule has 1 aromatic heterocycles. The first-order valence-corrected chi connectivity index (χ1v) is 6.92. The van der Waals surface area contributed by atoms with Gasteiger partial charge in [-0.25, -0.2) is 4.79 Å². The number of hydrogen-bond donors (Lipinski definition) is 0. The second-order valence-corrected chi connectivity index (χ2v) is 5.39. The SMILES string of the molecule is C=C(Sc1cccc2ccsc12)C(=O)OCC. The van der Waals surface area contributed by atoms with Crippen LogP contribution in [0.1, 0.15) is 6.92 Å². The third kappa shape index (κ3) is 2.70. The maximum Gasteiger partial charge on any atom is 0.344 e. The van der Waals surface area contributed by atoms with Gasteiger partial charge in [0.05, 0.1) is 11.5 Å². The molecular formula is C13H12O2S2. The predicted molar refractivity (Wildman–Crippen MR) is 73.5 cm³/mol. The van der Waals surface area contributed by atoms with E-state index in [1.807, 2.05) is 17.5 Å². The second kappa shape index (κ2) is 5.38. The van der Waals surface area contributed by atoms with Crippen molar-refractivity contribution in [1.29, 1.82) is 0 Å². The Labute approximate surface area is 108 Å². The molecule has 0 aliphatic carbocycles. The first kappa shape index (κ1) is 12.2. The van der Waals surface area contributed by atoms with E-state index >= 15 is 0 Å².